The molecular formula is C13H17F2NO2S. The average Bonchev–Trinajstić information content (AvgIpc) is 2.34. The molecule has 0 aromatic heterocycles. The highest BCUT2D eigenvalue weighted by atomic mass is 32.2. The van der Waals surface area contributed by atoms with Gasteiger partial charge in [-0.1, -0.05) is 6.42 Å². The van der Waals surface area contributed by atoms with Crippen molar-refractivity contribution in [2.45, 2.75) is 36.6 Å². The van der Waals surface area contributed by atoms with Gasteiger partial charge in [-0.25, -0.2) is 17.2 Å². The van der Waals surface area contributed by atoms with Crippen LogP contribution in [0, 0.1) is 11.6 Å². The summed E-state index contributed by atoms with van der Waals surface area (Å²) < 4.78 is 50.7. The van der Waals surface area contributed by atoms with Gasteiger partial charge >= 0.3 is 0 Å². The molecule has 1 saturated heterocycles. The maximum atomic E-state index is 14.1. The summed E-state index contributed by atoms with van der Waals surface area (Å²) in [5.41, 5.74) is -0.137. The molecule has 106 valence electrons. The van der Waals surface area contributed by atoms with Gasteiger partial charge in [-0.2, -0.15) is 0 Å². The third kappa shape index (κ3) is 3.30. The lowest BCUT2D eigenvalue weighted by atomic mass is 9.97. The van der Waals surface area contributed by atoms with E-state index >= 15 is 0 Å². The van der Waals surface area contributed by atoms with E-state index in [1.54, 1.807) is 0 Å². The number of piperidine rings is 1. The van der Waals surface area contributed by atoms with Crippen molar-refractivity contribution in [3.05, 3.63) is 29.3 Å². The fraction of sp³-hybridized carbons (Fsp3) is 0.538. The summed E-state index contributed by atoms with van der Waals surface area (Å²) >= 11 is 0. The third-order valence-electron chi connectivity index (χ3n) is 3.41. The standard InChI is InChI=1S/C13H17F2NO2S/c1-19(17,18)12-6-5-11(14)10(13(12)15)8-9-4-2-3-7-16-9/h5-6,9,16H,2-4,7-8H2,1H3. The first-order chi connectivity index (χ1) is 8.89. The Labute approximate surface area is 111 Å². The number of nitrogens with one attached hydrogen (secondary N) is 1. The molecule has 2 rings (SSSR count). The van der Waals surface area contributed by atoms with Crippen LogP contribution < -0.4 is 5.32 Å². The Hall–Kier alpha value is -1.01. The molecule has 6 heteroatoms. The Morgan fingerprint density at radius 3 is 2.63 bits per heavy atom. The largest absolute Gasteiger partial charge is 0.314 e. The van der Waals surface area contributed by atoms with Crippen molar-refractivity contribution in [1.29, 1.82) is 0 Å². The van der Waals surface area contributed by atoms with Crippen LogP contribution in [0.3, 0.4) is 0 Å². The molecular weight excluding hydrogens is 272 g/mol. The molecule has 1 aromatic carbocycles. The first-order valence-corrected chi connectivity index (χ1v) is 8.19. The molecule has 0 saturated carbocycles. The Balaban J connectivity index is 2.33. The van der Waals surface area contributed by atoms with E-state index in [0.29, 0.717) is 0 Å². The molecule has 0 amide bonds. The second-order valence-electron chi connectivity index (χ2n) is 4.96. The molecule has 1 atom stereocenters. The highest BCUT2D eigenvalue weighted by Gasteiger charge is 2.23. The van der Waals surface area contributed by atoms with Crippen LogP contribution >= 0.6 is 0 Å². The fourth-order valence-electron chi connectivity index (χ4n) is 2.39. The first-order valence-electron chi connectivity index (χ1n) is 6.30. The van der Waals surface area contributed by atoms with Crippen molar-refractivity contribution in [3.63, 3.8) is 0 Å². The minimum atomic E-state index is -3.68. The Bertz CT molecular complexity index is 566. The minimum Gasteiger partial charge on any atom is -0.314 e. The molecule has 1 aliphatic rings. The zero-order chi connectivity index (χ0) is 14.0. The molecule has 19 heavy (non-hydrogen) atoms. The van der Waals surface area contributed by atoms with Crippen LogP contribution in [-0.4, -0.2) is 27.3 Å². The zero-order valence-corrected chi connectivity index (χ0v) is 11.6. The maximum absolute atomic E-state index is 14.1. The number of rotatable bonds is 3. The van der Waals surface area contributed by atoms with Gasteiger partial charge in [0.1, 0.15) is 16.5 Å². The van der Waals surface area contributed by atoms with Gasteiger partial charge in [-0.3, -0.25) is 0 Å². The smallest absolute Gasteiger partial charge is 0.178 e. The van der Waals surface area contributed by atoms with Crippen LogP contribution in [0.5, 0.6) is 0 Å². The van der Waals surface area contributed by atoms with Crippen LogP contribution in [0.25, 0.3) is 0 Å². The van der Waals surface area contributed by atoms with Gasteiger partial charge in [0.15, 0.2) is 9.84 Å². The summed E-state index contributed by atoms with van der Waals surface area (Å²) in [4.78, 5) is -0.431. The monoisotopic (exact) mass is 289 g/mol. The zero-order valence-electron chi connectivity index (χ0n) is 10.7. The van der Waals surface area contributed by atoms with Gasteiger partial charge in [-0.15, -0.1) is 0 Å². The molecule has 1 fully saturated rings. The molecule has 0 spiro atoms. The van der Waals surface area contributed by atoms with E-state index in [1.807, 2.05) is 0 Å². The van der Waals surface area contributed by atoms with Gasteiger partial charge in [0.2, 0.25) is 0 Å². The van der Waals surface area contributed by atoms with Gasteiger partial charge in [0.05, 0.1) is 0 Å². The highest BCUT2D eigenvalue weighted by molar-refractivity contribution is 7.90. The number of benzene rings is 1. The molecule has 1 aromatic rings. The first kappa shape index (κ1) is 14.4. The van der Waals surface area contributed by atoms with E-state index in [1.165, 1.54) is 0 Å². The summed E-state index contributed by atoms with van der Waals surface area (Å²) in [7, 11) is -3.68. The lowest BCUT2D eigenvalue weighted by Crippen LogP contribution is -2.36. The van der Waals surface area contributed by atoms with Gasteiger partial charge in [-0.05, 0) is 37.9 Å². The van der Waals surface area contributed by atoms with Gasteiger partial charge in [0.25, 0.3) is 0 Å². The average molecular weight is 289 g/mol. The summed E-state index contributed by atoms with van der Waals surface area (Å²) in [5.74, 6) is -1.63. The predicted octanol–water partition coefficient (Wildman–Crippen LogP) is 2.05. The number of halogens is 2. The van der Waals surface area contributed by atoms with Crippen molar-refractivity contribution in [2.75, 3.05) is 12.8 Å². The van der Waals surface area contributed by atoms with Crippen molar-refractivity contribution in [2.24, 2.45) is 0 Å². The van der Waals surface area contributed by atoms with E-state index in [4.69, 9.17) is 0 Å². The van der Waals surface area contributed by atoms with Crippen molar-refractivity contribution >= 4 is 9.84 Å². The summed E-state index contributed by atoms with van der Waals surface area (Å²) in [6.07, 6.45) is 4.03. The molecule has 3 nitrogen and oxygen atoms in total. The molecule has 1 N–H and O–H groups in total. The normalized spacial score (nSPS) is 20.5. The summed E-state index contributed by atoms with van der Waals surface area (Å²) in [5, 5.41) is 3.20. The Morgan fingerprint density at radius 1 is 1.32 bits per heavy atom. The van der Waals surface area contributed by atoms with Crippen molar-refractivity contribution in [1.82, 2.24) is 5.32 Å². The lowest BCUT2D eigenvalue weighted by Gasteiger charge is -2.24. The Kier molecular flexibility index (Phi) is 4.20. The molecule has 0 bridgehead atoms. The maximum Gasteiger partial charge on any atom is 0.178 e. The summed E-state index contributed by atoms with van der Waals surface area (Å²) in [6.45, 7) is 0.833. The van der Waals surface area contributed by atoms with Crippen LogP contribution in [0.2, 0.25) is 0 Å². The van der Waals surface area contributed by atoms with Gasteiger partial charge < -0.3 is 5.32 Å². The van der Waals surface area contributed by atoms with Crippen LogP contribution in [0.1, 0.15) is 24.8 Å². The number of sulfone groups is 1. The second-order valence-corrected chi connectivity index (χ2v) is 6.95. The topological polar surface area (TPSA) is 46.2 Å². The van der Waals surface area contributed by atoms with Gasteiger partial charge in [0, 0.05) is 17.9 Å². The van der Waals surface area contributed by atoms with E-state index < -0.39 is 26.4 Å². The Morgan fingerprint density at radius 2 is 2.05 bits per heavy atom. The molecule has 1 aliphatic heterocycles. The quantitative estimate of drug-likeness (QED) is 0.866. The molecule has 0 aliphatic carbocycles. The fourth-order valence-corrected chi connectivity index (χ4v) is 3.16. The highest BCUT2D eigenvalue weighted by Crippen LogP contribution is 2.23. The predicted molar refractivity (Wildman–Crippen MR) is 68.8 cm³/mol. The van der Waals surface area contributed by atoms with Crippen molar-refractivity contribution in [3.8, 4) is 0 Å². The lowest BCUT2D eigenvalue weighted by molar-refractivity contribution is 0.388. The van der Waals surface area contributed by atoms with Crippen LogP contribution in [0.15, 0.2) is 17.0 Å². The summed E-state index contributed by atoms with van der Waals surface area (Å²) in [6, 6.07) is 2.02. The van der Waals surface area contributed by atoms with Crippen LogP contribution in [-0.2, 0) is 16.3 Å². The molecule has 0 radical (unpaired) electrons. The number of hydrogen-bond acceptors (Lipinski definition) is 3. The molecule has 1 heterocycles. The van der Waals surface area contributed by atoms with Crippen LogP contribution in [0.4, 0.5) is 8.78 Å². The number of hydrogen-bond donors (Lipinski definition) is 1. The molecule has 1 unspecified atom stereocenters. The van der Waals surface area contributed by atoms with E-state index in [2.05, 4.69) is 5.32 Å². The van der Waals surface area contributed by atoms with Crippen molar-refractivity contribution < 1.29 is 17.2 Å². The third-order valence-corrected chi connectivity index (χ3v) is 4.53. The minimum absolute atomic E-state index is 0.00700. The second kappa shape index (κ2) is 5.54. The van der Waals surface area contributed by atoms with E-state index in [0.717, 1.165) is 44.2 Å². The van der Waals surface area contributed by atoms with E-state index in [-0.39, 0.29) is 18.0 Å². The van der Waals surface area contributed by atoms with E-state index in [9.17, 15) is 17.2 Å². The SMILES string of the molecule is CS(=O)(=O)c1ccc(F)c(CC2CCCCN2)c1F.